The van der Waals surface area contributed by atoms with Gasteiger partial charge in [0, 0.05) is 19.1 Å². The molecule has 2 aliphatic rings. The highest BCUT2D eigenvalue weighted by Gasteiger charge is 2.48. The fraction of sp³-hybridized carbons (Fsp3) is 1.00. The lowest BCUT2D eigenvalue weighted by molar-refractivity contribution is -0.0622. The minimum Gasteiger partial charge on any atom is -0.372 e. The zero-order valence-electron chi connectivity index (χ0n) is 15.2. The summed E-state index contributed by atoms with van der Waals surface area (Å²) in [4.78, 5) is 2.79. The third-order valence-corrected chi connectivity index (χ3v) is 5.63. The molecular weight excluding hydrogens is 270 g/mol. The van der Waals surface area contributed by atoms with Gasteiger partial charge in [-0.2, -0.15) is 0 Å². The van der Waals surface area contributed by atoms with Crippen molar-refractivity contribution in [2.24, 2.45) is 0 Å². The average Bonchev–Trinajstić information content (AvgIpc) is 3.28. The molecule has 0 radical (unpaired) electrons. The van der Waals surface area contributed by atoms with Gasteiger partial charge in [0.1, 0.15) is 0 Å². The number of hydrogen-bond donors (Lipinski definition) is 0. The Kier molecular flexibility index (Phi) is 8.24. The van der Waals surface area contributed by atoms with Crippen LogP contribution in [0.3, 0.4) is 0 Å². The van der Waals surface area contributed by atoms with E-state index in [4.69, 9.17) is 4.74 Å². The smallest absolute Gasteiger partial charge is 0.0811 e. The molecule has 0 aromatic rings. The number of unbranched alkanes of at least 4 members (excludes halogenated alkanes) is 7. The Morgan fingerprint density at radius 2 is 1.45 bits per heavy atom. The van der Waals surface area contributed by atoms with Crippen molar-refractivity contribution in [2.75, 3.05) is 19.7 Å². The summed E-state index contributed by atoms with van der Waals surface area (Å²) in [5.74, 6) is 0. The van der Waals surface area contributed by atoms with Gasteiger partial charge in [0.25, 0.3) is 0 Å². The summed E-state index contributed by atoms with van der Waals surface area (Å²) in [5.41, 5.74) is 0.294. The lowest BCUT2D eigenvalue weighted by Crippen LogP contribution is -2.48. The van der Waals surface area contributed by atoms with E-state index >= 15 is 0 Å². The van der Waals surface area contributed by atoms with E-state index in [9.17, 15) is 0 Å². The molecule has 2 heteroatoms. The molecule has 1 heterocycles. The number of rotatable bonds is 12. The van der Waals surface area contributed by atoms with Crippen LogP contribution in [0.15, 0.2) is 0 Å². The zero-order valence-corrected chi connectivity index (χ0v) is 15.2. The third kappa shape index (κ3) is 6.20. The normalized spacial score (nSPS) is 22.1. The van der Waals surface area contributed by atoms with E-state index in [1.165, 1.54) is 96.6 Å². The van der Waals surface area contributed by atoms with Crippen LogP contribution in [0.4, 0.5) is 0 Å². The first-order chi connectivity index (χ1) is 10.8. The Hall–Kier alpha value is -0.0800. The van der Waals surface area contributed by atoms with Crippen molar-refractivity contribution in [2.45, 2.75) is 109 Å². The summed E-state index contributed by atoms with van der Waals surface area (Å²) in [6, 6.07) is 0.833. The highest BCUT2D eigenvalue weighted by Crippen LogP contribution is 2.42. The van der Waals surface area contributed by atoms with Gasteiger partial charge in [-0.1, -0.05) is 71.6 Å². The minimum absolute atomic E-state index is 0.294. The molecule has 1 saturated carbocycles. The van der Waals surface area contributed by atoms with E-state index in [0.29, 0.717) is 5.60 Å². The SMILES string of the molecule is CCCCCCCC(CCCCCC)N1CCOC2(CC2)C1. The Balaban J connectivity index is 1.72. The molecule has 0 aromatic carbocycles. The van der Waals surface area contributed by atoms with E-state index in [1.807, 2.05) is 0 Å². The minimum atomic E-state index is 0.294. The maximum atomic E-state index is 6.02. The van der Waals surface area contributed by atoms with Gasteiger partial charge in [0.05, 0.1) is 12.2 Å². The van der Waals surface area contributed by atoms with Crippen LogP contribution < -0.4 is 0 Å². The summed E-state index contributed by atoms with van der Waals surface area (Å²) >= 11 is 0. The number of ether oxygens (including phenoxy) is 1. The van der Waals surface area contributed by atoms with Gasteiger partial charge in [-0.15, -0.1) is 0 Å². The van der Waals surface area contributed by atoms with E-state index in [2.05, 4.69) is 18.7 Å². The Labute approximate surface area is 139 Å². The van der Waals surface area contributed by atoms with Gasteiger partial charge < -0.3 is 4.74 Å². The van der Waals surface area contributed by atoms with E-state index in [0.717, 1.165) is 12.6 Å². The molecule has 0 bridgehead atoms. The molecule has 0 aromatic heterocycles. The average molecular weight is 310 g/mol. The van der Waals surface area contributed by atoms with Crippen molar-refractivity contribution in [3.8, 4) is 0 Å². The summed E-state index contributed by atoms with van der Waals surface area (Å²) < 4.78 is 6.02. The maximum Gasteiger partial charge on any atom is 0.0811 e. The summed E-state index contributed by atoms with van der Waals surface area (Å²) in [6.07, 6.45) is 18.2. The van der Waals surface area contributed by atoms with Gasteiger partial charge in [-0.05, 0) is 25.7 Å². The van der Waals surface area contributed by atoms with Crippen molar-refractivity contribution >= 4 is 0 Å². The van der Waals surface area contributed by atoms with E-state index in [1.54, 1.807) is 0 Å². The molecule has 0 amide bonds. The standard InChI is InChI=1S/C20H39NO/c1-3-5-7-9-11-13-19(12-10-8-6-4-2)21-16-17-22-20(18-21)14-15-20/h19H,3-18H2,1-2H3. The van der Waals surface area contributed by atoms with Gasteiger partial charge in [-0.3, -0.25) is 4.90 Å². The van der Waals surface area contributed by atoms with Gasteiger partial charge in [-0.25, -0.2) is 0 Å². The number of morpholine rings is 1. The Morgan fingerprint density at radius 3 is 2.05 bits per heavy atom. The molecule has 1 aliphatic heterocycles. The van der Waals surface area contributed by atoms with Gasteiger partial charge >= 0.3 is 0 Å². The number of hydrogen-bond acceptors (Lipinski definition) is 2. The Morgan fingerprint density at radius 1 is 0.864 bits per heavy atom. The highest BCUT2D eigenvalue weighted by atomic mass is 16.5. The first kappa shape index (κ1) is 18.3. The molecule has 1 unspecified atom stereocenters. The molecule has 1 aliphatic carbocycles. The molecule has 22 heavy (non-hydrogen) atoms. The molecule has 1 spiro atoms. The first-order valence-corrected chi connectivity index (χ1v) is 10.2. The van der Waals surface area contributed by atoms with Crippen molar-refractivity contribution in [3.63, 3.8) is 0 Å². The first-order valence-electron chi connectivity index (χ1n) is 10.2. The van der Waals surface area contributed by atoms with Crippen LogP contribution in [0.2, 0.25) is 0 Å². The second-order valence-electron chi connectivity index (χ2n) is 7.71. The largest absolute Gasteiger partial charge is 0.372 e. The predicted molar refractivity (Wildman–Crippen MR) is 95.4 cm³/mol. The molecule has 1 saturated heterocycles. The zero-order chi connectivity index (χ0) is 15.7. The van der Waals surface area contributed by atoms with E-state index < -0.39 is 0 Å². The number of nitrogens with zero attached hydrogens (tertiary/aromatic N) is 1. The van der Waals surface area contributed by atoms with Crippen LogP contribution >= 0.6 is 0 Å². The molecule has 130 valence electrons. The molecule has 0 N–H and O–H groups in total. The Bertz CT molecular complexity index is 287. The van der Waals surface area contributed by atoms with Crippen LogP contribution in [0.1, 0.15) is 97.3 Å². The van der Waals surface area contributed by atoms with E-state index in [-0.39, 0.29) is 0 Å². The summed E-state index contributed by atoms with van der Waals surface area (Å²) in [6.45, 7) is 7.99. The van der Waals surface area contributed by atoms with Crippen molar-refractivity contribution in [3.05, 3.63) is 0 Å². The topological polar surface area (TPSA) is 12.5 Å². The third-order valence-electron chi connectivity index (χ3n) is 5.63. The predicted octanol–water partition coefficient (Wildman–Crippen LogP) is 5.55. The lowest BCUT2D eigenvalue weighted by Gasteiger charge is -2.39. The second kappa shape index (κ2) is 9.93. The summed E-state index contributed by atoms with van der Waals surface area (Å²) in [5, 5.41) is 0. The van der Waals surface area contributed by atoms with Gasteiger partial charge in [0.15, 0.2) is 0 Å². The maximum absolute atomic E-state index is 6.02. The van der Waals surface area contributed by atoms with Crippen LogP contribution in [-0.2, 0) is 4.74 Å². The van der Waals surface area contributed by atoms with Crippen LogP contribution in [0, 0.1) is 0 Å². The van der Waals surface area contributed by atoms with Crippen LogP contribution in [0.25, 0.3) is 0 Å². The molecule has 2 rings (SSSR count). The molecule has 1 atom stereocenters. The summed E-state index contributed by atoms with van der Waals surface area (Å²) in [7, 11) is 0. The van der Waals surface area contributed by atoms with Crippen LogP contribution in [0.5, 0.6) is 0 Å². The highest BCUT2D eigenvalue weighted by molar-refractivity contribution is 5.01. The van der Waals surface area contributed by atoms with Crippen LogP contribution in [-0.4, -0.2) is 36.2 Å². The fourth-order valence-electron chi connectivity index (χ4n) is 3.93. The lowest BCUT2D eigenvalue weighted by atomic mass is 9.98. The quantitative estimate of drug-likeness (QED) is 0.438. The van der Waals surface area contributed by atoms with Gasteiger partial charge in [0.2, 0.25) is 0 Å². The van der Waals surface area contributed by atoms with Crippen molar-refractivity contribution in [1.29, 1.82) is 0 Å². The van der Waals surface area contributed by atoms with Crippen molar-refractivity contribution in [1.82, 2.24) is 4.90 Å². The second-order valence-corrected chi connectivity index (χ2v) is 7.71. The molecular formula is C20H39NO. The molecule has 2 fully saturated rings. The molecule has 2 nitrogen and oxygen atoms in total. The van der Waals surface area contributed by atoms with Crippen molar-refractivity contribution < 1.29 is 4.74 Å². The monoisotopic (exact) mass is 309 g/mol. The fourth-order valence-corrected chi connectivity index (χ4v) is 3.93.